The fourth-order valence-corrected chi connectivity index (χ4v) is 5.90. The molecular formula is C29H27IN4O4. The van der Waals surface area contributed by atoms with Crippen LogP contribution in [-0.4, -0.2) is 27.1 Å². The van der Waals surface area contributed by atoms with E-state index >= 15 is 0 Å². The molecule has 1 aromatic carbocycles. The molecule has 8 nitrogen and oxygen atoms in total. The van der Waals surface area contributed by atoms with Crippen molar-refractivity contribution in [2.45, 2.75) is 55.6 Å². The first-order valence-electron chi connectivity index (χ1n) is 12.7. The average Bonchev–Trinajstić information content (AvgIpc) is 3.76. The Balaban J connectivity index is 1.36. The van der Waals surface area contributed by atoms with Gasteiger partial charge in [-0.1, -0.05) is 28.7 Å². The summed E-state index contributed by atoms with van der Waals surface area (Å²) >= 11 is 2.34. The number of ether oxygens (including phenoxy) is 1. The van der Waals surface area contributed by atoms with Crippen LogP contribution < -0.4 is 15.0 Å². The monoisotopic (exact) mass is 622 g/mol. The van der Waals surface area contributed by atoms with E-state index in [9.17, 15) is 9.59 Å². The minimum absolute atomic E-state index is 0.124. The molecule has 2 amide bonds. The number of halogens is 1. The SMILES string of the molecule is Cc1cccnc1C1CCc2cc(CI)c(N3Cc4c(cc(/C=C/C(=O)O)nc4C4CC4)NC3=O)cc2O1. The number of carbonyl (C=O) groups excluding carboxylic acids is 1. The highest BCUT2D eigenvalue weighted by molar-refractivity contribution is 14.1. The number of carbonyl (C=O) groups is 2. The molecule has 1 fully saturated rings. The normalized spacial score (nSPS) is 18.5. The van der Waals surface area contributed by atoms with Crippen molar-refractivity contribution in [3.8, 4) is 5.75 Å². The lowest BCUT2D eigenvalue weighted by Crippen LogP contribution is -2.40. The Morgan fingerprint density at radius 3 is 2.84 bits per heavy atom. The number of hydrogen-bond acceptors (Lipinski definition) is 5. The number of amides is 2. The van der Waals surface area contributed by atoms with E-state index in [0.717, 1.165) is 81.3 Å². The molecular weight excluding hydrogens is 595 g/mol. The molecule has 1 saturated carbocycles. The second kappa shape index (κ2) is 10.0. The van der Waals surface area contributed by atoms with E-state index in [1.807, 2.05) is 12.1 Å². The lowest BCUT2D eigenvalue weighted by Gasteiger charge is -2.34. The van der Waals surface area contributed by atoms with Crippen molar-refractivity contribution >= 4 is 52.0 Å². The summed E-state index contributed by atoms with van der Waals surface area (Å²) in [5.41, 5.74) is 8.28. The fraction of sp³-hybridized carbons (Fsp3) is 0.310. The number of aliphatic carboxylic acids is 1. The van der Waals surface area contributed by atoms with Gasteiger partial charge in [0.25, 0.3) is 0 Å². The third kappa shape index (κ3) is 4.75. The Morgan fingerprint density at radius 1 is 1.26 bits per heavy atom. The lowest BCUT2D eigenvalue weighted by atomic mass is 9.95. The molecule has 2 aromatic heterocycles. The van der Waals surface area contributed by atoms with E-state index in [-0.39, 0.29) is 12.1 Å². The minimum atomic E-state index is -1.03. The van der Waals surface area contributed by atoms with Crippen molar-refractivity contribution in [3.05, 3.63) is 81.9 Å². The van der Waals surface area contributed by atoms with Crippen molar-refractivity contribution in [3.63, 3.8) is 0 Å². The summed E-state index contributed by atoms with van der Waals surface area (Å²) < 4.78 is 7.23. The molecule has 2 N–H and O–H groups in total. The zero-order chi connectivity index (χ0) is 26.4. The van der Waals surface area contributed by atoms with Gasteiger partial charge in [0, 0.05) is 34.2 Å². The van der Waals surface area contributed by atoms with Crippen LogP contribution in [0.15, 0.2) is 42.6 Å². The van der Waals surface area contributed by atoms with E-state index in [1.54, 1.807) is 17.2 Å². The highest BCUT2D eigenvalue weighted by Crippen LogP contribution is 2.45. The summed E-state index contributed by atoms with van der Waals surface area (Å²) in [6.07, 6.45) is 8.05. The number of anilines is 2. The Labute approximate surface area is 234 Å². The first-order valence-corrected chi connectivity index (χ1v) is 14.3. The number of nitrogens with one attached hydrogen (secondary N) is 1. The third-order valence-electron chi connectivity index (χ3n) is 7.34. The van der Waals surface area contributed by atoms with Crippen LogP contribution >= 0.6 is 22.6 Å². The standard InChI is InChI=1S/C29H27IN4O4/c1-16-3-2-10-31-27(16)24-8-6-18-11-19(14-30)23(13-25(18)38-24)34-15-21-22(33-29(34)37)12-20(7-9-26(35)36)32-28(21)17-4-5-17/h2-3,7,9-13,17,24H,4-6,8,14-15H2,1H3,(H,33,37)(H,35,36)/b9-7+. The maximum absolute atomic E-state index is 13.4. The predicted octanol–water partition coefficient (Wildman–Crippen LogP) is 6.31. The number of carboxylic acid groups (broad SMARTS) is 1. The largest absolute Gasteiger partial charge is 0.484 e. The number of pyridine rings is 2. The summed E-state index contributed by atoms with van der Waals surface area (Å²) in [4.78, 5) is 35.6. The molecule has 2 aliphatic heterocycles. The molecule has 38 heavy (non-hydrogen) atoms. The maximum atomic E-state index is 13.4. The van der Waals surface area contributed by atoms with E-state index in [0.29, 0.717) is 23.8 Å². The molecule has 1 atom stereocenters. The van der Waals surface area contributed by atoms with Gasteiger partial charge < -0.3 is 15.2 Å². The highest BCUT2D eigenvalue weighted by atomic mass is 127. The second-order valence-electron chi connectivity index (χ2n) is 9.99. The molecule has 6 rings (SSSR count). The van der Waals surface area contributed by atoms with Crippen LogP contribution in [-0.2, 0) is 22.2 Å². The van der Waals surface area contributed by atoms with Crippen molar-refractivity contribution in [1.82, 2.24) is 9.97 Å². The molecule has 1 unspecified atom stereocenters. The summed E-state index contributed by atoms with van der Waals surface area (Å²) in [6, 6.07) is 9.69. The first kappa shape index (κ1) is 24.8. The van der Waals surface area contributed by atoms with Gasteiger partial charge in [-0.2, -0.15) is 0 Å². The number of nitrogens with zero attached hydrogens (tertiary/aromatic N) is 3. The smallest absolute Gasteiger partial charge is 0.328 e. The third-order valence-corrected chi connectivity index (χ3v) is 8.16. The Morgan fingerprint density at radius 2 is 2.11 bits per heavy atom. The lowest BCUT2D eigenvalue weighted by molar-refractivity contribution is -0.131. The fourth-order valence-electron chi connectivity index (χ4n) is 5.29. The van der Waals surface area contributed by atoms with E-state index in [4.69, 9.17) is 14.8 Å². The van der Waals surface area contributed by atoms with Crippen LogP contribution in [0.2, 0.25) is 0 Å². The van der Waals surface area contributed by atoms with Crippen molar-refractivity contribution in [2.75, 3.05) is 10.2 Å². The topological polar surface area (TPSA) is 105 Å². The Bertz CT molecular complexity index is 1480. The number of alkyl halides is 1. The molecule has 3 aliphatic rings. The minimum Gasteiger partial charge on any atom is -0.484 e. The van der Waals surface area contributed by atoms with Gasteiger partial charge in [0.05, 0.1) is 35.0 Å². The molecule has 194 valence electrons. The quantitative estimate of drug-likeness (QED) is 0.190. The van der Waals surface area contributed by atoms with Gasteiger partial charge in [-0.15, -0.1) is 0 Å². The number of carboxylic acids is 1. The van der Waals surface area contributed by atoms with Crippen LogP contribution in [0, 0.1) is 6.92 Å². The van der Waals surface area contributed by atoms with Gasteiger partial charge in [-0.3, -0.25) is 14.9 Å². The number of fused-ring (bicyclic) bond motifs is 2. The molecule has 0 bridgehead atoms. The number of urea groups is 1. The summed E-state index contributed by atoms with van der Waals surface area (Å²) in [5, 5.41) is 12.1. The van der Waals surface area contributed by atoms with E-state index < -0.39 is 5.97 Å². The summed E-state index contributed by atoms with van der Waals surface area (Å²) in [7, 11) is 0. The molecule has 0 radical (unpaired) electrons. The van der Waals surface area contributed by atoms with E-state index in [1.165, 1.54) is 6.08 Å². The highest BCUT2D eigenvalue weighted by Gasteiger charge is 2.35. The van der Waals surface area contributed by atoms with Crippen LogP contribution in [0.3, 0.4) is 0 Å². The van der Waals surface area contributed by atoms with Gasteiger partial charge in [-0.25, -0.2) is 9.59 Å². The number of hydrogen-bond donors (Lipinski definition) is 2. The van der Waals surface area contributed by atoms with Crippen LogP contribution in [0.4, 0.5) is 16.2 Å². The summed E-state index contributed by atoms with van der Waals surface area (Å²) in [5.74, 6) is 0.0920. The second-order valence-corrected chi connectivity index (χ2v) is 10.8. The van der Waals surface area contributed by atoms with Crippen molar-refractivity contribution in [2.24, 2.45) is 0 Å². The molecule has 1 aliphatic carbocycles. The average molecular weight is 622 g/mol. The zero-order valence-corrected chi connectivity index (χ0v) is 23.1. The van der Waals surface area contributed by atoms with Crippen molar-refractivity contribution in [1.29, 1.82) is 0 Å². The molecule has 3 aromatic rings. The Hall–Kier alpha value is -3.47. The first-order chi connectivity index (χ1) is 18.4. The maximum Gasteiger partial charge on any atom is 0.328 e. The van der Waals surface area contributed by atoms with Gasteiger partial charge in [0.2, 0.25) is 0 Å². The molecule has 4 heterocycles. The van der Waals surface area contributed by atoms with Gasteiger partial charge in [0.15, 0.2) is 0 Å². The van der Waals surface area contributed by atoms with Crippen LogP contribution in [0.5, 0.6) is 5.75 Å². The number of aromatic nitrogens is 2. The van der Waals surface area contributed by atoms with Crippen molar-refractivity contribution < 1.29 is 19.4 Å². The van der Waals surface area contributed by atoms with Crippen LogP contribution in [0.1, 0.15) is 70.6 Å². The summed E-state index contributed by atoms with van der Waals surface area (Å²) in [6.45, 7) is 2.45. The van der Waals surface area contributed by atoms with Crippen LogP contribution in [0.25, 0.3) is 6.08 Å². The van der Waals surface area contributed by atoms with E-state index in [2.05, 4.69) is 51.9 Å². The van der Waals surface area contributed by atoms with Gasteiger partial charge in [0.1, 0.15) is 11.9 Å². The molecule has 0 spiro atoms. The van der Waals surface area contributed by atoms with Gasteiger partial charge in [-0.05, 0) is 73.6 Å². The predicted molar refractivity (Wildman–Crippen MR) is 153 cm³/mol. The molecule has 0 saturated heterocycles. The zero-order valence-electron chi connectivity index (χ0n) is 20.9. The number of rotatable bonds is 6. The number of aryl methyl sites for hydroxylation is 2. The Kier molecular flexibility index (Phi) is 6.55. The number of benzene rings is 1. The van der Waals surface area contributed by atoms with Gasteiger partial charge >= 0.3 is 12.0 Å². The molecule has 9 heteroatoms.